The summed E-state index contributed by atoms with van der Waals surface area (Å²) in [4.78, 5) is 43.3. The van der Waals surface area contributed by atoms with E-state index in [2.05, 4.69) is 16.7 Å². The molecule has 5 rings (SSSR count). The molecule has 3 amide bonds. The minimum atomic E-state index is -0.598. The molecule has 3 aromatic carbocycles. The second kappa shape index (κ2) is 13.8. The quantitative estimate of drug-likeness (QED) is 0.293. The van der Waals surface area contributed by atoms with Crippen molar-refractivity contribution in [3.05, 3.63) is 99.8 Å². The average molecular weight is 633 g/mol. The molecule has 1 saturated carbocycles. The van der Waals surface area contributed by atoms with E-state index in [9.17, 15) is 18.8 Å². The number of nitrogens with one attached hydrogen (secondary N) is 2. The van der Waals surface area contributed by atoms with Crippen LogP contribution in [0.3, 0.4) is 0 Å². The molecule has 1 aliphatic heterocycles. The Balaban J connectivity index is 1.33. The lowest BCUT2D eigenvalue weighted by molar-refractivity contribution is -0.116. The van der Waals surface area contributed by atoms with Gasteiger partial charge in [0.25, 0.3) is 11.8 Å². The molecule has 8 nitrogen and oxygen atoms in total. The molecule has 0 saturated heterocycles. The monoisotopic (exact) mass is 632 g/mol. The lowest BCUT2D eigenvalue weighted by atomic mass is 9.77. The van der Waals surface area contributed by atoms with Gasteiger partial charge in [-0.05, 0) is 99.6 Å². The number of hydrogen-bond donors (Lipinski definition) is 2. The van der Waals surface area contributed by atoms with E-state index in [1.54, 1.807) is 24.3 Å². The van der Waals surface area contributed by atoms with E-state index in [4.69, 9.17) is 16.3 Å². The lowest BCUT2D eigenvalue weighted by Crippen LogP contribution is -2.33. The highest BCUT2D eigenvalue weighted by Crippen LogP contribution is 2.49. The molecule has 0 bridgehead atoms. The van der Waals surface area contributed by atoms with Crippen LogP contribution in [0.25, 0.3) is 0 Å². The molecule has 0 radical (unpaired) electrons. The highest BCUT2D eigenvalue weighted by Gasteiger charge is 2.40. The van der Waals surface area contributed by atoms with Crippen molar-refractivity contribution in [2.75, 3.05) is 51.1 Å². The summed E-state index contributed by atoms with van der Waals surface area (Å²) in [5.41, 5.74) is 3.80. The summed E-state index contributed by atoms with van der Waals surface area (Å²) in [5.74, 6) is -1.13. The number of methoxy groups -OCH3 is 1. The Morgan fingerprint density at radius 2 is 1.87 bits per heavy atom. The number of fused-ring (bicyclic) bond motifs is 1. The Bertz CT molecular complexity index is 1640. The summed E-state index contributed by atoms with van der Waals surface area (Å²) in [6, 6.07) is 16.4. The first-order valence-corrected chi connectivity index (χ1v) is 15.4. The number of rotatable bonds is 8. The molecular weight excluding hydrogens is 595 g/mol. The number of nitrogens with zero attached hydrogens (tertiary/aromatic N) is 2. The Morgan fingerprint density at radius 1 is 1.07 bits per heavy atom. The molecule has 2 N–H and O–H groups in total. The topological polar surface area (TPSA) is 91.0 Å². The fourth-order valence-electron chi connectivity index (χ4n) is 6.25. The van der Waals surface area contributed by atoms with Crippen molar-refractivity contribution >= 4 is 40.7 Å². The maximum Gasteiger partial charge on any atom is 0.258 e. The average Bonchev–Trinajstić information content (AvgIpc) is 3.32. The van der Waals surface area contributed by atoms with Gasteiger partial charge >= 0.3 is 0 Å². The minimum Gasteiger partial charge on any atom is -0.495 e. The number of ether oxygens (including phenoxy) is 1. The summed E-state index contributed by atoms with van der Waals surface area (Å²) in [5, 5.41) is 5.80. The van der Waals surface area contributed by atoms with Gasteiger partial charge in [0.15, 0.2) is 0 Å². The summed E-state index contributed by atoms with van der Waals surface area (Å²) in [6.45, 7) is 1.91. The standard InChI is InChI=1S/C35H38ClFN4O4/c1-40(2)17-15-38-32(42)18-23-12-13-35(21-23)14-16-41(30-7-5-4-6-25(30)22-35)34(44)24-8-11-29(31(19-24)45-3)39-33(43)27-20-26(37)9-10-28(27)36/h4-11,18-20H,12-17,21-22H2,1-3H3,(H,38,42)(H,39,43)/t35-/m1/s1. The fraction of sp³-hybridized carbons (Fsp3) is 0.343. The largest absolute Gasteiger partial charge is 0.495 e. The van der Waals surface area contributed by atoms with Crippen molar-refractivity contribution in [3.63, 3.8) is 0 Å². The van der Waals surface area contributed by atoms with Crippen LogP contribution in [0.2, 0.25) is 5.02 Å². The number of carbonyl (C=O) groups is 3. The van der Waals surface area contributed by atoms with Gasteiger partial charge in [0, 0.05) is 37.0 Å². The predicted molar refractivity (Wildman–Crippen MR) is 175 cm³/mol. The molecule has 10 heteroatoms. The molecule has 0 unspecified atom stereocenters. The molecule has 1 aliphatic carbocycles. The molecule has 1 spiro atoms. The molecule has 0 aromatic heterocycles. The van der Waals surface area contributed by atoms with Gasteiger partial charge in [-0.3, -0.25) is 14.4 Å². The highest BCUT2D eigenvalue weighted by atomic mass is 35.5. The Hall–Kier alpha value is -4.21. The van der Waals surface area contributed by atoms with E-state index in [1.807, 2.05) is 42.1 Å². The van der Waals surface area contributed by atoms with Crippen LogP contribution in [0.4, 0.5) is 15.8 Å². The van der Waals surface area contributed by atoms with E-state index in [-0.39, 0.29) is 33.6 Å². The van der Waals surface area contributed by atoms with Crippen molar-refractivity contribution in [1.82, 2.24) is 10.2 Å². The number of hydrogen-bond acceptors (Lipinski definition) is 5. The Kier molecular flexibility index (Phi) is 9.90. The van der Waals surface area contributed by atoms with Crippen LogP contribution in [-0.2, 0) is 11.2 Å². The zero-order valence-corrected chi connectivity index (χ0v) is 26.5. The van der Waals surface area contributed by atoms with Gasteiger partial charge < -0.3 is 25.2 Å². The van der Waals surface area contributed by atoms with Gasteiger partial charge in [-0.2, -0.15) is 0 Å². The van der Waals surface area contributed by atoms with Crippen LogP contribution in [0.15, 0.2) is 72.3 Å². The summed E-state index contributed by atoms with van der Waals surface area (Å²) in [7, 11) is 5.40. The molecule has 2 aliphatic rings. The molecule has 1 atom stereocenters. The number of anilines is 2. The van der Waals surface area contributed by atoms with Crippen LogP contribution >= 0.6 is 11.6 Å². The summed E-state index contributed by atoms with van der Waals surface area (Å²) in [6.07, 6.45) is 6.03. The Labute approximate surface area is 268 Å². The van der Waals surface area contributed by atoms with E-state index in [1.165, 1.54) is 19.2 Å². The van der Waals surface area contributed by atoms with Gasteiger partial charge in [0.1, 0.15) is 11.6 Å². The summed E-state index contributed by atoms with van der Waals surface area (Å²) >= 11 is 6.11. The van der Waals surface area contributed by atoms with Crippen molar-refractivity contribution in [1.29, 1.82) is 0 Å². The molecule has 3 aromatic rings. The zero-order chi connectivity index (χ0) is 32.1. The van der Waals surface area contributed by atoms with Gasteiger partial charge in [-0.15, -0.1) is 0 Å². The van der Waals surface area contributed by atoms with E-state index in [0.29, 0.717) is 24.3 Å². The number of halogens is 2. The van der Waals surface area contributed by atoms with Crippen molar-refractivity contribution in [3.8, 4) is 5.75 Å². The number of carbonyl (C=O) groups excluding carboxylic acids is 3. The number of allylic oxidation sites excluding steroid dienone is 1. The molecule has 45 heavy (non-hydrogen) atoms. The highest BCUT2D eigenvalue weighted by molar-refractivity contribution is 6.34. The first-order chi connectivity index (χ1) is 21.6. The fourth-order valence-corrected chi connectivity index (χ4v) is 6.46. The van der Waals surface area contributed by atoms with E-state index < -0.39 is 11.7 Å². The van der Waals surface area contributed by atoms with Crippen LogP contribution in [0.1, 0.15) is 52.0 Å². The van der Waals surface area contributed by atoms with Crippen molar-refractivity contribution < 1.29 is 23.5 Å². The molecule has 1 heterocycles. The van der Waals surface area contributed by atoms with Gasteiger partial charge in [-0.25, -0.2) is 4.39 Å². The van der Waals surface area contributed by atoms with Crippen LogP contribution in [-0.4, -0.2) is 63.5 Å². The summed E-state index contributed by atoms with van der Waals surface area (Å²) < 4.78 is 19.3. The third-order valence-corrected chi connectivity index (χ3v) is 8.93. The second-order valence-corrected chi connectivity index (χ2v) is 12.5. The minimum absolute atomic E-state index is 0.0103. The molecule has 236 valence electrons. The maximum atomic E-state index is 14.0. The smallest absolute Gasteiger partial charge is 0.258 e. The first kappa shape index (κ1) is 32.2. The van der Waals surface area contributed by atoms with E-state index >= 15 is 0 Å². The maximum absolute atomic E-state index is 14.0. The lowest BCUT2D eigenvalue weighted by Gasteiger charge is -2.27. The van der Waals surface area contributed by atoms with Crippen LogP contribution in [0, 0.1) is 11.2 Å². The third kappa shape index (κ3) is 7.54. The van der Waals surface area contributed by atoms with Gasteiger partial charge in [0.2, 0.25) is 5.91 Å². The normalized spacial score (nSPS) is 18.5. The number of benzene rings is 3. The molecule has 1 fully saturated rings. The van der Waals surface area contributed by atoms with Gasteiger partial charge in [0.05, 0.1) is 23.4 Å². The first-order valence-electron chi connectivity index (χ1n) is 15.0. The second-order valence-electron chi connectivity index (χ2n) is 12.1. The Morgan fingerprint density at radius 3 is 2.64 bits per heavy atom. The van der Waals surface area contributed by atoms with Crippen LogP contribution < -0.4 is 20.3 Å². The number of para-hydroxylation sites is 1. The molecular formula is C35H38ClFN4O4. The third-order valence-electron chi connectivity index (χ3n) is 8.60. The van der Waals surface area contributed by atoms with Crippen molar-refractivity contribution in [2.24, 2.45) is 5.41 Å². The van der Waals surface area contributed by atoms with E-state index in [0.717, 1.165) is 61.5 Å². The SMILES string of the molecule is COc1cc(C(=O)N2CC[C@@]3(CCC(=CC(=O)NCCN(C)C)C3)Cc3ccccc32)ccc1NC(=O)c1cc(F)ccc1Cl. The number of likely N-dealkylation sites (N-methyl/N-ethyl adjacent to an activating group) is 1. The van der Waals surface area contributed by atoms with Crippen molar-refractivity contribution in [2.45, 2.75) is 32.1 Å². The van der Waals surface area contributed by atoms with Crippen LogP contribution in [0.5, 0.6) is 5.75 Å². The predicted octanol–water partition coefficient (Wildman–Crippen LogP) is 6.11. The van der Waals surface area contributed by atoms with Gasteiger partial charge in [-0.1, -0.05) is 35.4 Å². The number of amides is 3. The zero-order valence-electron chi connectivity index (χ0n) is 25.8.